The van der Waals surface area contributed by atoms with E-state index < -0.39 is 42.8 Å². The number of rotatable bonds is 7. The van der Waals surface area contributed by atoms with E-state index >= 15 is 0 Å². The SMILES string of the molecule is CC(C)NC(=S)NCCC(F)(F)C(F)(F)C(F)(F)C(F)(F)C(F)(F)F. The second kappa shape index (κ2) is 7.27. The Morgan fingerprint density at radius 3 is 1.60 bits per heavy atom. The Labute approximate surface area is 140 Å². The fourth-order valence-corrected chi connectivity index (χ4v) is 1.75. The van der Waals surface area contributed by atoms with Gasteiger partial charge in [0.1, 0.15) is 0 Å². The summed E-state index contributed by atoms with van der Waals surface area (Å²) >= 11 is 4.52. The van der Waals surface area contributed by atoms with Crippen LogP contribution >= 0.6 is 12.2 Å². The Balaban J connectivity index is 5.30. The first kappa shape index (κ1) is 23.9. The van der Waals surface area contributed by atoms with Gasteiger partial charge >= 0.3 is 29.9 Å². The summed E-state index contributed by atoms with van der Waals surface area (Å²) in [4.78, 5) is 0. The monoisotopic (exact) mass is 414 g/mol. The Bertz CT molecular complexity index is 473. The summed E-state index contributed by atoms with van der Waals surface area (Å²) in [7, 11) is 0. The van der Waals surface area contributed by atoms with Crippen molar-refractivity contribution >= 4 is 17.3 Å². The quantitative estimate of drug-likeness (QED) is 0.479. The van der Waals surface area contributed by atoms with Crippen LogP contribution < -0.4 is 10.6 Å². The molecule has 2 N–H and O–H groups in total. The molecule has 0 spiro atoms. The van der Waals surface area contributed by atoms with E-state index in [1.165, 1.54) is 0 Å². The van der Waals surface area contributed by atoms with Gasteiger partial charge in [-0.15, -0.1) is 0 Å². The Hall–Kier alpha value is -1.08. The maximum absolute atomic E-state index is 13.3. The van der Waals surface area contributed by atoms with Gasteiger partial charge in [0, 0.05) is 19.0 Å². The van der Waals surface area contributed by atoms with Crippen molar-refractivity contribution in [1.29, 1.82) is 0 Å². The van der Waals surface area contributed by atoms with Gasteiger partial charge in [0.2, 0.25) is 0 Å². The van der Waals surface area contributed by atoms with Crippen LogP contribution in [-0.4, -0.2) is 47.6 Å². The van der Waals surface area contributed by atoms with E-state index in [-0.39, 0.29) is 11.2 Å². The van der Waals surface area contributed by atoms with Crippen molar-refractivity contribution in [3.05, 3.63) is 0 Å². The smallest absolute Gasteiger partial charge is 0.363 e. The van der Waals surface area contributed by atoms with Crippen LogP contribution in [0.4, 0.5) is 48.3 Å². The minimum absolute atomic E-state index is 0.309. The molecule has 0 bridgehead atoms. The number of nitrogens with one attached hydrogen (secondary N) is 2. The highest BCUT2D eigenvalue weighted by Crippen LogP contribution is 2.57. The van der Waals surface area contributed by atoms with Gasteiger partial charge < -0.3 is 10.6 Å². The molecule has 0 aliphatic carbocycles. The summed E-state index contributed by atoms with van der Waals surface area (Å²) in [6.07, 6.45) is -9.33. The van der Waals surface area contributed by atoms with Crippen molar-refractivity contribution in [2.24, 2.45) is 0 Å². The molecule has 0 heterocycles. The van der Waals surface area contributed by atoms with Gasteiger partial charge in [0.25, 0.3) is 0 Å². The van der Waals surface area contributed by atoms with E-state index in [1.54, 1.807) is 13.8 Å². The maximum Gasteiger partial charge on any atom is 0.460 e. The first-order chi connectivity index (χ1) is 10.8. The van der Waals surface area contributed by atoms with Gasteiger partial charge in [-0.2, -0.15) is 48.3 Å². The summed E-state index contributed by atoms with van der Waals surface area (Å²) in [5.41, 5.74) is 0. The first-order valence-electron chi connectivity index (χ1n) is 6.43. The van der Waals surface area contributed by atoms with E-state index in [4.69, 9.17) is 0 Å². The van der Waals surface area contributed by atoms with Crippen LogP contribution in [0.15, 0.2) is 0 Å². The first-order valence-corrected chi connectivity index (χ1v) is 6.84. The molecule has 0 rings (SSSR count). The zero-order chi connectivity index (χ0) is 20.5. The molecule has 0 atom stereocenters. The summed E-state index contributed by atoms with van der Waals surface area (Å²) in [6, 6.07) is -0.309. The molecule has 2 nitrogen and oxygen atoms in total. The molecule has 0 aliphatic heterocycles. The molecule has 0 saturated heterocycles. The molecule has 0 aliphatic rings. The third kappa shape index (κ3) is 4.76. The molecule has 0 amide bonds. The van der Waals surface area contributed by atoms with Gasteiger partial charge in [0.05, 0.1) is 0 Å². The zero-order valence-electron chi connectivity index (χ0n) is 12.6. The molecular formula is C11H13F11N2S. The lowest BCUT2D eigenvalue weighted by molar-refractivity contribution is -0.422. The summed E-state index contributed by atoms with van der Waals surface area (Å²) in [5.74, 6) is -27.6. The minimum atomic E-state index is -7.38. The topological polar surface area (TPSA) is 24.1 Å². The van der Waals surface area contributed by atoms with Gasteiger partial charge in [-0.3, -0.25) is 0 Å². The van der Waals surface area contributed by atoms with Crippen molar-refractivity contribution in [2.75, 3.05) is 6.54 Å². The van der Waals surface area contributed by atoms with Crippen molar-refractivity contribution in [1.82, 2.24) is 10.6 Å². The van der Waals surface area contributed by atoms with Crippen LogP contribution in [0.1, 0.15) is 20.3 Å². The van der Waals surface area contributed by atoms with E-state index in [1.807, 2.05) is 5.32 Å². The molecule has 0 aromatic heterocycles. The number of halogens is 11. The van der Waals surface area contributed by atoms with Crippen molar-refractivity contribution in [2.45, 2.75) is 56.2 Å². The fourth-order valence-electron chi connectivity index (χ4n) is 1.41. The lowest BCUT2D eigenvalue weighted by atomic mass is 9.96. The Morgan fingerprint density at radius 1 is 0.800 bits per heavy atom. The van der Waals surface area contributed by atoms with Crippen LogP contribution in [0.3, 0.4) is 0 Å². The lowest BCUT2D eigenvalue weighted by Gasteiger charge is -2.37. The van der Waals surface area contributed by atoms with Crippen LogP contribution in [0, 0.1) is 0 Å². The number of alkyl halides is 11. The summed E-state index contributed by atoms with van der Waals surface area (Å²) in [5, 5.41) is 4.00. The molecule has 0 unspecified atom stereocenters. The van der Waals surface area contributed by atoms with Gasteiger partial charge in [-0.25, -0.2) is 0 Å². The maximum atomic E-state index is 13.3. The largest absolute Gasteiger partial charge is 0.460 e. The highest BCUT2D eigenvalue weighted by Gasteiger charge is 2.86. The Kier molecular flexibility index (Phi) is 6.96. The van der Waals surface area contributed by atoms with Crippen molar-refractivity contribution in [3.63, 3.8) is 0 Å². The van der Waals surface area contributed by atoms with E-state index in [2.05, 4.69) is 17.5 Å². The zero-order valence-corrected chi connectivity index (χ0v) is 13.4. The van der Waals surface area contributed by atoms with Gasteiger partial charge in [-0.1, -0.05) is 0 Å². The molecule has 0 fully saturated rings. The second-order valence-corrected chi connectivity index (χ2v) is 5.64. The average Bonchev–Trinajstić information content (AvgIpc) is 2.35. The standard InChI is InChI=1S/C11H13F11N2S/c1-5(2)24-6(25)23-4-3-7(12,13)8(14,15)9(16,17)10(18,19)11(20,21)22/h5H,3-4H2,1-2H3,(H2,23,24,25). The summed E-state index contributed by atoms with van der Waals surface area (Å²) in [6.45, 7) is 1.92. The number of hydrogen-bond acceptors (Lipinski definition) is 1. The molecule has 14 heteroatoms. The van der Waals surface area contributed by atoms with Gasteiger partial charge in [0.15, 0.2) is 5.11 Å². The predicted molar refractivity (Wildman–Crippen MR) is 69.3 cm³/mol. The molecule has 0 radical (unpaired) electrons. The highest BCUT2D eigenvalue weighted by molar-refractivity contribution is 7.80. The van der Waals surface area contributed by atoms with Crippen molar-refractivity contribution < 1.29 is 48.3 Å². The average molecular weight is 414 g/mol. The third-order valence-corrected chi connectivity index (χ3v) is 3.01. The lowest BCUT2D eigenvalue weighted by Crippen LogP contribution is -2.66. The van der Waals surface area contributed by atoms with E-state index in [0.717, 1.165) is 0 Å². The van der Waals surface area contributed by atoms with Crippen molar-refractivity contribution in [3.8, 4) is 0 Å². The number of hydrogen-bond donors (Lipinski definition) is 2. The predicted octanol–water partition coefficient (Wildman–Crippen LogP) is 4.35. The number of thiocarbonyl (C=S) groups is 1. The minimum Gasteiger partial charge on any atom is -0.363 e. The highest BCUT2D eigenvalue weighted by atomic mass is 32.1. The Morgan fingerprint density at radius 2 is 1.24 bits per heavy atom. The molecule has 0 aromatic carbocycles. The van der Waals surface area contributed by atoms with Gasteiger partial charge in [-0.05, 0) is 26.1 Å². The second-order valence-electron chi connectivity index (χ2n) is 5.23. The van der Waals surface area contributed by atoms with Crippen LogP contribution in [-0.2, 0) is 0 Å². The summed E-state index contributed by atoms with van der Waals surface area (Å²) < 4.78 is 140. The third-order valence-electron chi connectivity index (χ3n) is 2.75. The van der Waals surface area contributed by atoms with E-state index in [9.17, 15) is 48.3 Å². The normalized spacial score (nSPS) is 14.6. The van der Waals surface area contributed by atoms with Crippen LogP contribution in [0.25, 0.3) is 0 Å². The molecule has 150 valence electrons. The molecule has 0 saturated carbocycles. The molecule has 0 aromatic rings. The molecular weight excluding hydrogens is 401 g/mol. The van der Waals surface area contributed by atoms with E-state index in [0.29, 0.717) is 0 Å². The fraction of sp³-hybridized carbons (Fsp3) is 0.909. The molecule has 25 heavy (non-hydrogen) atoms. The van der Waals surface area contributed by atoms with Crippen LogP contribution in [0.5, 0.6) is 0 Å². The van der Waals surface area contributed by atoms with Crippen LogP contribution in [0.2, 0.25) is 0 Å².